The molecule has 3 aromatic rings. The van der Waals surface area contributed by atoms with Crippen LogP contribution in [0.4, 0.5) is 8.78 Å². The summed E-state index contributed by atoms with van der Waals surface area (Å²) < 4.78 is 33.2. The largest absolute Gasteiger partial charge is 0.493 e. The number of nitrogens with one attached hydrogen (secondary N) is 3. The monoisotopic (exact) mass is 555 g/mol. The summed E-state index contributed by atoms with van der Waals surface area (Å²) >= 11 is 0. The van der Waals surface area contributed by atoms with E-state index in [1.165, 1.54) is 25.4 Å². The molecule has 0 radical (unpaired) electrons. The van der Waals surface area contributed by atoms with Crippen LogP contribution in [-0.2, 0) is 4.79 Å². The van der Waals surface area contributed by atoms with E-state index in [1.54, 1.807) is 13.0 Å². The Morgan fingerprint density at radius 2 is 1.95 bits per heavy atom. The smallest absolute Gasteiger partial charge is 0.263 e. The van der Waals surface area contributed by atoms with Crippen molar-refractivity contribution in [3.8, 4) is 17.0 Å². The molecular formula is C29H35F2N5O4. The number of ether oxygens (including phenoxy) is 1. The third-order valence-electron chi connectivity index (χ3n) is 7.89. The third-order valence-corrected chi connectivity index (χ3v) is 7.89. The van der Waals surface area contributed by atoms with E-state index in [9.17, 15) is 23.5 Å². The first-order chi connectivity index (χ1) is 19.1. The predicted octanol–water partition coefficient (Wildman–Crippen LogP) is 4.44. The van der Waals surface area contributed by atoms with Gasteiger partial charge in [0, 0.05) is 28.9 Å². The first-order valence-corrected chi connectivity index (χ1v) is 13.8. The van der Waals surface area contributed by atoms with Gasteiger partial charge in [-0.3, -0.25) is 9.59 Å². The molecule has 0 unspecified atom stereocenters. The number of aromatic nitrogens is 3. The second-order valence-electron chi connectivity index (χ2n) is 11.1. The standard InChI is InChI=1S/C29H35F2N5O4/c1-14-10-19(7-8-21(14)36-28(38)16(3)37)35-29(39)23-15(2)34-26-24(32-13-33-25(23)26)20-11-18(27(30)31)6-9-22(20)40-12-17-4-5-17/h6,9,11,13-14,16-17,19,21,27,34,37H,4-5,7-8,10,12H2,1-3H3,(H,35,39)(H,36,38)/t14-,16+,19+,21-/m1/s1. The van der Waals surface area contributed by atoms with Crippen molar-refractivity contribution in [1.82, 2.24) is 25.6 Å². The van der Waals surface area contributed by atoms with Crippen LogP contribution in [0.5, 0.6) is 5.75 Å². The molecule has 2 aromatic heterocycles. The Kier molecular flexibility index (Phi) is 8.02. The Balaban J connectivity index is 1.39. The number of aromatic amines is 1. The Morgan fingerprint density at radius 1 is 1.18 bits per heavy atom. The molecule has 0 saturated heterocycles. The highest BCUT2D eigenvalue weighted by Crippen LogP contribution is 2.38. The summed E-state index contributed by atoms with van der Waals surface area (Å²) in [4.78, 5) is 37.4. The Labute approximate surface area is 231 Å². The molecular weight excluding hydrogens is 520 g/mol. The maximum atomic E-state index is 13.6. The molecule has 9 nitrogen and oxygen atoms in total. The van der Waals surface area contributed by atoms with Crippen LogP contribution >= 0.6 is 0 Å². The molecule has 0 aliphatic heterocycles. The van der Waals surface area contributed by atoms with Gasteiger partial charge in [-0.05, 0) is 76.0 Å². The molecule has 0 spiro atoms. The van der Waals surface area contributed by atoms with Gasteiger partial charge in [-0.2, -0.15) is 0 Å². The minimum absolute atomic E-state index is 0.0688. The Hall–Kier alpha value is -3.60. The summed E-state index contributed by atoms with van der Waals surface area (Å²) in [5.74, 6) is 0.357. The van der Waals surface area contributed by atoms with Crippen LogP contribution in [-0.4, -0.2) is 56.7 Å². The van der Waals surface area contributed by atoms with Gasteiger partial charge in [-0.1, -0.05) is 6.92 Å². The number of alkyl halides is 2. The summed E-state index contributed by atoms with van der Waals surface area (Å²) in [6.07, 6.45) is 1.80. The van der Waals surface area contributed by atoms with Gasteiger partial charge in [0.25, 0.3) is 12.3 Å². The van der Waals surface area contributed by atoms with Gasteiger partial charge in [-0.25, -0.2) is 18.7 Å². The number of fused-ring (bicyclic) bond motifs is 1. The van der Waals surface area contributed by atoms with Gasteiger partial charge in [0.05, 0.1) is 17.7 Å². The zero-order valence-corrected chi connectivity index (χ0v) is 22.8. The van der Waals surface area contributed by atoms with Crippen molar-refractivity contribution >= 4 is 22.8 Å². The van der Waals surface area contributed by atoms with Gasteiger partial charge >= 0.3 is 0 Å². The van der Waals surface area contributed by atoms with Crippen LogP contribution in [0.3, 0.4) is 0 Å². The first-order valence-electron chi connectivity index (χ1n) is 13.8. The summed E-state index contributed by atoms with van der Waals surface area (Å²) in [7, 11) is 0. The molecule has 0 bridgehead atoms. The molecule has 2 aliphatic rings. The second kappa shape index (κ2) is 11.5. The molecule has 2 heterocycles. The SMILES string of the molecule is Cc1[nH]c2c(-c3cc(C(F)F)ccc3OCC3CC3)ncnc2c1C(=O)N[C@H]1CC[C@@H](NC(=O)[C@H](C)O)[C@H](C)C1. The number of carbonyl (C=O) groups is 2. The molecule has 40 heavy (non-hydrogen) atoms. The number of benzene rings is 1. The van der Waals surface area contributed by atoms with Crippen LogP contribution in [0.15, 0.2) is 24.5 Å². The van der Waals surface area contributed by atoms with E-state index in [4.69, 9.17) is 4.74 Å². The van der Waals surface area contributed by atoms with Crippen LogP contribution in [0.1, 0.15) is 74.0 Å². The molecule has 214 valence electrons. The predicted molar refractivity (Wildman–Crippen MR) is 145 cm³/mol. The number of rotatable bonds is 9. The van der Waals surface area contributed by atoms with Crippen LogP contribution < -0.4 is 15.4 Å². The van der Waals surface area contributed by atoms with Crippen molar-refractivity contribution in [2.45, 2.75) is 77.5 Å². The number of aliphatic hydroxyl groups excluding tert-OH is 1. The van der Waals surface area contributed by atoms with Crippen LogP contribution in [0.25, 0.3) is 22.3 Å². The summed E-state index contributed by atoms with van der Waals surface area (Å²) in [5.41, 5.74) is 2.52. The summed E-state index contributed by atoms with van der Waals surface area (Å²) in [5, 5.41) is 15.5. The van der Waals surface area contributed by atoms with Crippen molar-refractivity contribution in [2.24, 2.45) is 11.8 Å². The number of amides is 2. The lowest BCUT2D eigenvalue weighted by Crippen LogP contribution is -2.49. The van der Waals surface area contributed by atoms with Crippen LogP contribution in [0.2, 0.25) is 0 Å². The Morgan fingerprint density at radius 3 is 2.62 bits per heavy atom. The number of halogens is 2. The maximum absolute atomic E-state index is 13.6. The highest BCUT2D eigenvalue weighted by Gasteiger charge is 2.32. The number of hydrogen-bond acceptors (Lipinski definition) is 6. The van der Waals surface area contributed by atoms with Crippen molar-refractivity contribution in [3.05, 3.63) is 41.3 Å². The fraction of sp³-hybridized carbons (Fsp3) is 0.517. The topological polar surface area (TPSA) is 129 Å². The molecule has 1 aromatic carbocycles. The van der Waals surface area contributed by atoms with E-state index in [1.807, 2.05) is 6.92 Å². The average Bonchev–Trinajstić information content (AvgIpc) is 3.68. The molecule has 2 aliphatic carbocycles. The number of aliphatic hydroxyl groups is 1. The summed E-state index contributed by atoms with van der Waals surface area (Å²) in [6.45, 7) is 5.72. The van der Waals surface area contributed by atoms with Gasteiger partial charge in [0.15, 0.2) is 0 Å². The minimum atomic E-state index is -2.65. The fourth-order valence-corrected chi connectivity index (χ4v) is 5.39. The maximum Gasteiger partial charge on any atom is 0.263 e. The lowest BCUT2D eigenvalue weighted by molar-refractivity contribution is -0.129. The number of nitrogens with zero attached hydrogens (tertiary/aromatic N) is 2. The highest BCUT2D eigenvalue weighted by molar-refractivity contribution is 6.09. The number of aryl methyl sites for hydroxylation is 1. The van der Waals surface area contributed by atoms with E-state index in [-0.39, 0.29) is 29.5 Å². The van der Waals surface area contributed by atoms with Gasteiger partial charge in [0.2, 0.25) is 5.91 Å². The second-order valence-corrected chi connectivity index (χ2v) is 11.1. The number of hydrogen-bond donors (Lipinski definition) is 4. The summed E-state index contributed by atoms with van der Waals surface area (Å²) in [6, 6.07) is 4.14. The average molecular weight is 556 g/mol. The van der Waals surface area contributed by atoms with E-state index in [0.29, 0.717) is 71.1 Å². The van der Waals surface area contributed by atoms with E-state index >= 15 is 0 Å². The highest BCUT2D eigenvalue weighted by atomic mass is 19.3. The van der Waals surface area contributed by atoms with Crippen molar-refractivity contribution < 1.29 is 28.2 Å². The van der Waals surface area contributed by atoms with Crippen molar-refractivity contribution in [2.75, 3.05) is 6.61 Å². The zero-order valence-electron chi connectivity index (χ0n) is 22.8. The fourth-order valence-electron chi connectivity index (χ4n) is 5.39. The van der Waals surface area contributed by atoms with E-state index < -0.39 is 18.4 Å². The molecule has 4 atom stereocenters. The quantitative estimate of drug-likeness (QED) is 0.309. The number of H-pyrrole nitrogens is 1. The number of carbonyl (C=O) groups excluding carboxylic acids is 2. The van der Waals surface area contributed by atoms with Gasteiger partial charge in [0.1, 0.15) is 29.4 Å². The van der Waals surface area contributed by atoms with E-state index in [0.717, 1.165) is 12.8 Å². The molecule has 5 rings (SSSR count). The molecule has 4 N–H and O–H groups in total. The molecule has 2 saturated carbocycles. The molecule has 2 amide bonds. The van der Waals surface area contributed by atoms with Crippen molar-refractivity contribution in [1.29, 1.82) is 0 Å². The molecule has 2 fully saturated rings. The van der Waals surface area contributed by atoms with Crippen molar-refractivity contribution in [3.63, 3.8) is 0 Å². The minimum Gasteiger partial charge on any atom is -0.493 e. The van der Waals surface area contributed by atoms with Gasteiger partial charge < -0.3 is 25.5 Å². The lowest BCUT2D eigenvalue weighted by Gasteiger charge is -2.35. The molecule has 11 heteroatoms. The normalized spacial score (nSPS) is 21.8. The van der Waals surface area contributed by atoms with E-state index in [2.05, 4.69) is 25.6 Å². The lowest BCUT2D eigenvalue weighted by atomic mass is 9.82. The van der Waals surface area contributed by atoms with Crippen LogP contribution in [0, 0.1) is 18.8 Å². The van der Waals surface area contributed by atoms with Gasteiger partial charge in [-0.15, -0.1) is 0 Å². The third kappa shape index (κ3) is 5.94. The Bertz CT molecular complexity index is 1400. The zero-order chi connectivity index (χ0) is 28.6. The first kappa shape index (κ1) is 27.9.